The van der Waals surface area contributed by atoms with Gasteiger partial charge in [-0.2, -0.15) is 0 Å². The summed E-state index contributed by atoms with van der Waals surface area (Å²) >= 11 is 3.39. The van der Waals surface area contributed by atoms with Gasteiger partial charge in [0.25, 0.3) is 5.91 Å². The molecule has 0 atom stereocenters. The van der Waals surface area contributed by atoms with E-state index in [9.17, 15) is 4.79 Å². The fourth-order valence-corrected chi connectivity index (χ4v) is 3.14. The second-order valence-corrected chi connectivity index (χ2v) is 7.20. The first-order valence-electron chi connectivity index (χ1n) is 8.77. The van der Waals surface area contributed by atoms with E-state index in [1.807, 2.05) is 85.8 Å². The average Bonchev–Trinajstić information content (AvgIpc) is 3.16. The van der Waals surface area contributed by atoms with E-state index in [1.165, 1.54) is 0 Å². The molecule has 0 aliphatic carbocycles. The van der Waals surface area contributed by atoms with E-state index in [0.717, 1.165) is 21.3 Å². The summed E-state index contributed by atoms with van der Waals surface area (Å²) in [5, 5.41) is 7.36. The van der Waals surface area contributed by atoms with Crippen molar-refractivity contribution < 1.29 is 4.79 Å². The van der Waals surface area contributed by atoms with Crippen LogP contribution in [0.25, 0.3) is 17.1 Å². The zero-order valence-corrected chi connectivity index (χ0v) is 16.7. The number of hydrogen-bond donors (Lipinski definition) is 1. The third-order valence-corrected chi connectivity index (χ3v) is 4.82. The molecule has 0 unspecified atom stereocenters. The number of benzene rings is 3. The molecule has 0 fully saturated rings. The van der Waals surface area contributed by atoms with Gasteiger partial charge >= 0.3 is 0 Å². The SMILES string of the molecule is Cc1ccccc1-n1nc(C(=O)Nc2ccc(Br)cc2)nc1-c1ccccc1. The monoisotopic (exact) mass is 432 g/mol. The van der Waals surface area contributed by atoms with E-state index >= 15 is 0 Å². The molecular weight excluding hydrogens is 416 g/mol. The van der Waals surface area contributed by atoms with Gasteiger partial charge in [0.15, 0.2) is 5.82 Å². The van der Waals surface area contributed by atoms with Crippen LogP contribution in [0.15, 0.2) is 83.3 Å². The summed E-state index contributed by atoms with van der Waals surface area (Å²) in [4.78, 5) is 17.3. The fraction of sp³-hybridized carbons (Fsp3) is 0.0455. The Labute approximate surface area is 171 Å². The van der Waals surface area contributed by atoms with Crippen LogP contribution in [0.5, 0.6) is 0 Å². The average molecular weight is 433 g/mol. The first-order chi connectivity index (χ1) is 13.6. The molecule has 0 saturated heterocycles. The Morgan fingerprint density at radius 2 is 1.61 bits per heavy atom. The zero-order valence-electron chi connectivity index (χ0n) is 15.1. The largest absolute Gasteiger partial charge is 0.319 e. The van der Waals surface area contributed by atoms with E-state index in [4.69, 9.17) is 0 Å². The van der Waals surface area contributed by atoms with Crippen LogP contribution in [0.3, 0.4) is 0 Å². The molecule has 6 heteroatoms. The number of aryl methyl sites for hydroxylation is 1. The number of halogens is 1. The maximum atomic E-state index is 12.8. The van der Waals surface area contributed by atoms with Crippen molar-refractivity contribution in [2.24, 2.45) is 0 Å². The van der Waals surface area contributed by atoms with E-state index in [1.54, 1.807) is 4.68 Å². The predicted octanol–water partition coefficient (Wildman–Crippen LogP) is 5.26. The number of hydrogen-bond acceptors (Lipinski definition) is 3. The molecule has 1 amide bonds. The predicted molar refractivity (Wildman–Crippen MR) is 114 cm³/mol. The second-order valence-electron chi connectivity index (χ2n) is 6.28. The Hall–Kier alpha value is -3.25. The summed E-state index contributed by atoms with van der Waals surface area (Å²) in [6.07, 6.45) is 0. The summed E-state index contributed by atoms with van der Waals surface area (Å²) in [5.74, 6) is 0.382. The number of nitrogens with one attached hydrogen (secondary N) is 1. The van der Waals surface area contributed by atoms with Crippen molar-refractivity contribution in [1.29, 1.82) is 0 Å². The van der Waals surface area contributed by atoms with Crippen LogP contribution in [-0.4, -0.2) is 20.7 Å². The van der Waals surface area contributed by atoms with Crippen LogP contribution in [-0.2, 0) is 0 Å². The maximum Gasteiger partial charge on any atom is 0.295 e. The van der Waals surface area contributed by atoms with Gasteiger partial charge in [0.05, 0.1) is 5.69 Å². The number of amides is 1. The smallest absolute Gasteiger partial charge is 0.295 e. The molecule has 5 nitrogen and oxygen atoms in total. The molecule has 4 aromatic rings. The highest BCUT2D eigenvalue weighted by molar-refractivity contribution is 9.10. The molecule has 0 spiro atoms. The van der Waals surface area contributed by atoms with Crippen LogP contribution in [0.2, 0.25) is 0 Å². The van der Waals surface area contributed by atoms with Gasteiger partial charge in [-0.1, -0.05) is 64.5 Å². The summed E-state index contributed by atoms with van der Waals surface area (Å²) in [7, 11) is 0. The van der Waals surface area contributed by atoms with Gasteiger partial charge in [-0.05, 0) is 42.8 Å². The minimum atomic E-state index is -0.355. The highest BCUT2D eigenvalue weighted by Gasteiger charge is 2.19. The number of carbonyl (C=O) groups is 1. The van der Waals surface area contributed by atoms with Crippen molar-refractivity contribution in [3.63, 3.8) is 0 Å². The van der Waals surface area contributed by atoms with Gasteiger partial charge in [-0.3, -0.25) is 4.79 Å². The molecule has 138 valence electrons. The molecule has 1 heterocycles. The van der Waals surface area contributed by atoms with Gasteiger partial charge in [-0.15, -0.1) is 5.10 Å². The van der Waals surface area contributed by atoms with E-state index in [-0.39, 0.29) is 11.7 Å². The second kappa shape index (κ2) is 7.78. The molecule has 0 bridgehead atoms. The van der Waals surface area contributed by atoms with Gasteiger partial charge < -0.3 is 5.32 Å². The topological polar surface area (TPSA) is 59.8 Å². The van der Waals surface area contributed by atoms with Crippen molar-refractivity contribution in [2.45, 2.75) is 6.92 Å². The number of carbonyl (C=O) groups excluding carboxylic acids is 1. The van der Waals surface area contributed by atoms with Crippen molar-refractivity contribution >= 4 is 27.5 Å². The molecule has 3 aromatic carbocycles. The van der Waals surface area contributed by atoms with Crippen molar-refractivity contribution in [3.8, 4) is 17.1 Å². The normalized spacial score (nSPS) is 10.6. The third kappa shape index (κ3) is 3.73. The van der Waals surface area contributed by atoms with Gasteiger partial charge in [-0.25, -0.2) is 9.67 Å². The first-order valence-corrected chi connectivity index (χ1v) is 9.56. The molecular formula is C22H17BrN4O. The van der Waals surface area contributed by atoms with Crippen LogP contribution in [0.1, 0.15) is 16.2 Å². The van der Waals surface area contributed by atoms with E-state index in [2.05, 4.69) is 31.3 Å². The summed E-state index contributed by atoms with van der Waals surface area (Å²) < 4.78 is 2.67. The Morgan fingerprint density at radius 1 is 0.929 bits per heavy atom. The van der Waals surface area contributed by atoms with Crippen molar-refractivity contribution in [3.05, 3.63) is 94.7 Å². The Kier molecular flexibility index (Phi) is 5.04. The Morgan fingerprint density at radius 3 is 2.32 bits per heavy atom. The zero-order chi connectivity index (χ0) is 19.5. The minimum absolute atomic E-state index is 0.116. The number of para-hydroxylation sites is 1. The maximum absolute atomic E-state index is 12.8. The number of aromatic nitrogens is 3. The lowest BCUT2D eigenvalue weighted by atomic mass is 10.2. The van der Waals surface area contributed by atoms with Crippen molar-refractivity contribution in [2.75, 3.05) is 5.32 Å². The summed E-state index contributed by atoms with van der Waals surface area (Å²) in [6.45, 7) is 2.01. The van der Waals surface area contributed by atoms with E-state index < -0.39 is 0 Å². The minimum Gasteiger partial charge on any atom is -0.319 e. The number of nitrogens with zero attached hydrogens (tertiary/aromatic N) is 3. The molecule has 0 aliphatic rings. The molecule has 0 radical (unpaired) electrons. The van der Waals surface area contributed by atoms with Crippen LogP contribution in [0.4, 0.5) is 5.69 Å². The fourth-order valence-electron chi connectivity index (χ4n) is 2.87. The quantitative estimate of drug-likeness (QED) is 0.478. The molecule has 1 aromatic heterocycles. The van der Waals surface area contributed by atoms with Crippen LogP contribution < -0.4 is 5.32 Å². The Bertz CT molecular complexity index is 1120. The van der Waals surface area contributed by atoms with Gasteiger partial charge in [0, 0.05) is 15.7 Å². The molecule has 0 saturated carbocycles. The van der Waals surface area contributed by atoms with Gasteiger partial charge in [0.2, 0.25) is 5.82 Å². The Balaban J connectivity index is 1.76. The first kappa shape index (κ1) is 18.1. The molecule has 28 heavy (non-hydrogen) atoms. The summed E-state index contributed by atoms with van der Waals surface area (Å²) in [5.41, 5.74) is 3.50. The highest BCUT2D eigenvalue weighted by Crippen LogP contribution is 2.23. The number of anilines is 1. The van der Waals surface area contributed by atoms with Crippen molar-refractivity contribution in [1.82, 2.24) is 14.8 Å². The van der Waals surface area contributed by atoms with Crippen LogP contribution >= 0.6 is 15.9 Å². The molecule has 0 aliphatic heterocycles. The highest BCUT2D eigenvalue weighted by atomic mass is 79.9. The van der Waals surface area contributed by atoms with E-state index in [0.29, 0.717) is 11.5 Å². The van der Waals surface area contributed by atoms with Crippen LogP contribution in [0, 0.1) is 6.92 Å². The lowest BCUT2D eigenvalue weighted by Crippen LogP contribution is -2.14. The standard InChI is InChI=1S/C22H17BrN4O/c1-15-7-5-6-10-19(15)27-21(16-8-3-2-4-9-16)25-20(26-27)22(28)24-18-13-11-17(23)12-14-18/h2-14H,1H3,(H,24,28). The lowest BCUT2D eigenvalue weighted by molar-refractivity contribution is 0.101. The molecule has 4 rings (SSSR count). The number of rotatable bonds is 4. The lowest BCUT2D eigenvalue weighted by Gasteiger charge is -2.08. The molecule has 1 N–H and O–H groups in total. The third-order valence-electron chi connectivity index (χ3n) is 4.29. The van der Waals surface area contributed by atoms with Gasteiger partial charge in [0.1, 0.15) is 0 Å². The summed E-state index contributed by atoms with van der Waals surface area (Å²) in [6, 6.07) is 25.0.